The van der Waals surface area contributed by atoms with Gasteiger partial charge in [-0.15, -0.1) is 0 Å². The van der Waals surface area contributed by atoms with Crippen LogP contribution in [0.2, 0.25) is 0 Å². The summed E-state index contributed by atoms with van der Waals surface area (Å²) >= 11 is 0. The molecule has 23 heavy (non-hydrogen) atoms. The predicted molar refractivity (Wildman–Crippen MR) is 93.5 cm³/mol. The third-order valence-electron chi connectivity index (χ3n) is 3.76. The largest absolute Gasteiger partial charge is 0.378 e. The molecule has 1 aromatic heterocycles. The standard InChI is InChI=1S/C17H25N3O2S/c1-12(16-11-20(17(3,4)5)19-13(16)2)18-14-7-9-15(10-8-14)23(6,21)22/h7-12,18H,1-6H3. The summed E-state index contributed by atoms with van der Waals surface area (Å²) in [5.74, 6) is 0. The molecule has 1 heterocycles. The normalized spacial score (nSPS) is 13.8. The molecule has 1 unspecified atom stereocenters. The van der Waals surface area contributed by atoms with Crippen molar-refractivity contribution in [3.05, 3.63) is 41.7 Å². The van der Waals surface area contributed by atoms with Crippen LogP contribution in [0.25, 0.3) is 0 Å². The summed E-state index contributed by atoms with van der Waals surface area (Å²) in [5.41, 5.74) is 2.95. The van der Waals surface area contributed by atoms with Gasteiger partial charge in [-0.2, -0.15) is 5.10 Å². The summed E-state index contributed by atoms with van der Waals surface area (Å²) in [6.07, 6.45) is 3.28. The molecule has 0 bridgehead atoms. The number of anilines is 1. The molecule has 1 aromatic carbocycles. The molecule has 126 valence electrons. The van der Waals surface area contributed by atoms with Crippen molar-refractivity contribution in [2.75, 3.05) is 11.6 Å². The molecule has 0 saturated carbocycles. The number of sulfone groups is 1. The zero-order valence-corrected chi connectivity index (χ0v) is 15.4. The van der Waals surface area contributed by atoms with Crippen molar-refractivity contribution in [2.24, 2.45) is 0 Å². The number of aromatic nitrogens is 2. The maximum atomic E-state index is 11.5. The minimum atomic E-state index is -3.16. The zero-order chi connectivity index (χ0) is 17.4. The summed E-state index contributed by atoms with van der Waals surface area (Å²) in [5, 5.41) is 7.98. The second-order valence-electron chi connectivity index (χ2n) is 6.95. The van der Waals surface area contributed by atoms with E-state index in [1.165, 1.54) is 6.26 Å². The Bertz CT molecular complexity index is 784. The zero-order valence-electron chi connectivity index (χ0n) is 14.6. The van der Waals surface area contributed by atoms with E-state index in [1.807, 2.05) is 11.6 Å². The van der Waals surface area contributed by atoms with E-state index in [-0.39, 0.29) is 11.6 Å². The van der Waals surface area contributed by atoms with Crippen LogP contribution in [0.3, 0.4) is 0 Å². The second-order valence-corrected chi connectivity index (χ2v) is 8.96. The molecule has 6 heteroatoms. The smallest absolute Gasteiger partial charge is 0.175 e. The Morgan fingerprint density at radius 2 is 1.74 bits per heavy atom. The van der Waals surface area contributed by atoms with E-state index in [9.17, 15) is 8.42 Å². The maximum absolute atomic E-state index is 11.5. The van der Waals surface area contributed by atoms with Gasteiger partial charge in [0.2, 0.25) is 0 Å². The Hall–Kier alpha value is -1.82. The number of nitrogens with one attached hydrogen (secondary N) is 1. The summed E-state index contributed by atoms with van der Waals surface area (Å²) in [6, 6.07) is 6.90. The van der Waals surface area contributed by atoms with Crippen molar-refractivity contribution >= 4 is 15.5 Å². The number of nitrogens with zero attached hydrogens (tertiary/aromatic N) is 2. The fourth-order valence-corrected chi connectivity index (χ4v) is 3.00. The van der Waals surface area contributed by atoms with Crippen LogP contribution < -0.4 is 5.32 Å². The molecule has 0 saturated heterocycles. The first-order chi connectivity index (χ1) is 10.5. The molecule has 5 nitrogen and oxygen atoms in total. The van der Waals surface area contributed by atoms with Crippen LogP contribution >= 0.6 is 0 Å². The molecule has 0 amide bonds. The van der Waals surface area contributed by atoms with Crippen LogP contribution in [0.1, 0.15) is 45.0 Å². The van der Waals surface area contributed by atoms with Crippen LogP contribution in [0.4, 0.5) is 5.69 Å². The van der Waals surface area contributed by atoms with Crippen molar-refractivity contribution in [1.82, 2.24) is 9.78 Å². The average Bonchev–Trinajstić information content (AvgIpc) is 2.80. The van der Waals surface area contributed by atoms with Gasteiger partial charge in [-0.3, -0.25) is 4.68 Å². The molecule has 0 fully saturated rings. The molecule has 1 N–H and O–H groups in total. The summed E-state index contributed by atoms with van der Waals surface area (Å²) in [6.45, 7) is 10.4. The van der Waals surface area contributed by atoms with E-state index < -0.39 is 9.84 Å². The van der Waals surface area contributed by atoms with Gasteiger partial charge in [-0.25, -0.2) is 8.42 Å². The van der Waals surface area contributed by atoms with E-state index in [0.717, 1.165) is 16.9 Å². The van der Waals surface area contributed by atoms with Gasteiger partial charge < -0.3 is 5.32 Å². The molecular weight excluding hydrogens is 310 g/mol. The van der Waals surface area contributed by atoms with Crippen LogP contribution in [-0.2, 0) is 15.4 Å². The van der Waals surface area contributed by atoms with Crippen molar-refractivity contribution in [3.8, 4) is 0 Å². The summed E-state index contributed by atoms with van der Waals surface area (Å²) in [4.78, 5) is 0.326. The highest BCUT2D eigenvalue weighted by Gasteiger charge is 2.19. The highest BCUT2D eigenvalue weighted by molar-refractivity contribution is 7.90. The lowest BCUT2D eigenvalue weighted by atomic mass is 10.1. The highest BCUT2D eigenvalue weighted by atomic mass is 32.2. The van der Waals surface area contributed by atoms with Crippen molar-refractivity contribution in [1.29, 1.82) is 0 Å². The van der Waals surface area contributed by atoms with Gasteiger partial charge in [0.25, 0.3) is 0 Å². The van der Waals surface area contributed by atoms with Gasteiger partial charge in [-0.05, 0) is 58.9 Å². The Morgan fingerprint density at radius 1 is 1.17 bits per heavy atom. The topological polar surface area (TPSA) is 64.0 Å². The highest BCUT2D eigenvalue weighted by Crippen LogP contribution is 2.25. The van der Waals surface area contributed by atoms with E-state index in [0.29, 0.717) is 4.90 Å². The monoisotopic (exact) mass is 335 g/mol. The van der Waals surface area contributed by atoms with Crippen LogP contribution in [0.5, 0.6) is 0 Å². The Balaban J connectivity index is 2.19. The fourth-order valence-electron chi connectivity index (χ4n) is 2.37. The van der Waals surface area contributed by atoms with Gasteiger partial charge >= 0.3 is 0 Å². The quantitative estimate of drug-likeness (QED) is 0.928. The molecule has 0 radical (unpaired) electrons. The van der Waals surface area contributed by atoms with Gasteiger partial charge in [-0.1, -0.05) is 0 Å². The number of rotatable bonds is 4. The Morgan fingerprint density at radius 3 is 2.17 bits per heavy atom. The third kappa shape index (κ3) is 4.13. The molecular formula is C17H25N3O2S. The number of benzene rings is 1. The average molecular weight is 335 g/mol. The lowest BCUT2D eigenvalue weighted by Gasteiger charge is -2.19. The minimum Gasteiger partial charge on any atom is -0.378 e. The van der Waals surface area contributed by atoms with E-state index >= 15 is 0 Å². The van der Waals surface area contributed by atoms with Gasteiger partial charge in [0.15, 0.2) is 9.84 Å². The molecule has 2 aromatic rings. The van der Waals surface area contributed by atoms with Crippen LogP contribution in [0, 0.1) is 6.92 Å². The van der Waals surface area contributed by atoms with Crippen molar-refractivity contribution in [3.63, 3.8) is 0 Å². The summed E-state index contributed by atoms with van der Waals surface area (Å²) in [7, 11) is -3.16. The maximum Gasteiger partial charge on any atom is 0.175 e. The molecule has 0 aliphatic rings. The van der Waals surface area contributed by atoms with Crippen LogP contribution in [0.15, 0.2) is 35.4 Å². The minimum absolute atomic E-state index is 0.0557. The molecule has 1 atom stereocenters. The van der Waals surface area contributed by atoms with Crippen molar-refractivity contribution in [2.45, 2.75) is 51.1 Å². The fraction of sp³-hybridized carbons (Fsp3) is 0.471. The Kier molecular flexibility index (Phi) is 4.57. The van der Waals surface area contributed by atoms with Gasteiger partial charge in [0.1, 0.15) is 0 Å². The van der Waals surface area contributed by atoms with Crippen LogP contribution in [-0.4, -0.2) is 24.5 Å². The summed E-state index contributed by atoms with van der Waals surface area (Å²) < 4.78 is 25.0. The first-order valence-corrected chi connectivity index (χ1v) is 9.51. The van der Waals surface area contributed by atoms with E-state index in [4.69, 9.17) is 0 Å². The second kappa shape index (κ2) is 6.00. The number of hydrogen-bond acceptors (Lipinski definition) is 4. The molecule has 0 aliphatic carbocycles. The predicted octanol–water partition coefficient (Wildman–Crippen LogP) is 3.52. The SMILES string of the molecule is Cc1nn(C(C)(C)C)cc1C(C)Nc1ccc(S(C)(=O)=O)cc1. The van der Waals surface area contributed by atoms with Gasteiger partial charge in [0, 0.05) is 23.7 Å². The lowest BCUT2D eigenvalue weighted by molar-refractivity contribution is 0.354. The van der Waals surface area contributed by atoms with E-state index in [1.54, 1.807) is 24.3 Å². The molecule has 0 spiro atoms. The third-order valence-corrected chi connectivity index (χ3v) is 4.88. The molecule has 0 aliphatic heterocycles. The van der Waals surface area contributed by atoms with E-state index in [2.05, 4.69) is 44.3 Å². The molecule has 2 rings (SSSR count). The first-order valence-electron chi connectivity index (χ1n) is 7.62. The first kappa shape index (κ1) is 17.5. The van der Waals surface area contributed by atoms with Gasteiger partial charge in [0.05, 0.1) is 22.2 Å². The lowest BCUT2D eigenvalue weighted by Crippen LogP contribution is -2.22. The number of aryl methyl sites for hydroxylation is 1. The number of hydrogen-bond donors (Lipinski definition) is 1. The Labute approximate surface area is 138 Å². The van der Waals surface area contributed by atoms with Crippen molar-refractivity contribution < 1.29 is 8.42 Å².